The average Bonchev–Trinajstić information content (AvgIpc) is 2.25. The van der Waals surface area contributed by atoms with Crippen LogP contribution in [0.1, 0.15) is 0 Å². The van der Waals surface area contributed by atoms with Crippen LogP contribution in [-0.2, 0) is 0 Å². The summed E-state index contributed by atoms with van der Waals surface area (Å²) in [5.74, 6) is 0.140. The van der Waals surface area contributed by atoms with Crippen LogP contribution in [0.2, 0.25) is 0 Å². The molecule has 0 fully saturated rings. The minimum Gasteiger partial charge on any atom is -0.493 e. The van der Waals surface area contributed by atoms with Gasteiger partial charge in [-0.15, -0.1) is 5.46 Å². The van der Waals surface area contributed by atoms with Crippen LogP contribution in [0, 0.1) is 0 Å². The van der Waals surface area contributed by atoms with Crippen molar-refractivity contribution in [3.05, 3.63) is 12.1 Å². The van der Waals surface area contributed by atoms with E-state index in [1.165, 1.54) is 21.3 Å². The van der Waals surface area contributed by atoms with Crippen molar-refractivity contribution in [2.24, 2.45) is 0 Å². The first kappa shape index (κ1) is 12.5. The quantitative estimate of drug-likeness (QED) is 0.744. The molecule has 7 heteroatoms. The molecule has 16 heavy (non-hydrogen) atoms. The predicted molar refractivity (Wildman–Crippen MR) is 54.8 cm³/mol. The highest BCUT2D eigenvalue weighted by Crippen LogP contribution is 2.36. The minimum atomic E-state index is -5.09. The Bertz CT molecular complexity index is 354. The third-order valence-corrected chi connectivity index (χ3v) is 2.07. The second-order valence-electron chi connectivity index (χ2n) is 3.03. The maximum Gasteiger partial charge on any atom is 0.509 e. The van der Waals surface area contributed by atoms with E-state index in [1.54, 1.807) is 0 Å². The number of rotatable bonds is 4. The Balaban J connectivity index is 3.37. The fraction of sp³-hybridized carbons (Fsp3) is 0.333. The van der Waals surface area contributed by atoms with E-state index >= 15 is 0 Å². The lowest BCUT2D eigenvalue weighted by atomic mass is 9.80. The molecule has 0 aliphatic heterocycles. The first-order valence-corrected chi connectivity index (χ1v) is 4.44. The predicted octanol–water partition coefficient (Wildman–Crippen LogP) is 1.77. The molecule has 3 nitrogen and oxygen atoms in total. The number of benzene rings is 1. The summed E-state index contributed by atoms with van der Waals surface area (Å²) < 4.78 is 52.3. The number of halogens is 3. The van der Waals surface area contributed by atoms with Gasteiger partial charge < -0.3 is 27.2 Å². The van der Waals surface area contributed by atoms with Crippen LogP contribution in [0.3, 0.4) is 0 Å². The lowest BCUT2D eigenvalue weighted by Gasteiger charge is -2.19. The van der Waals surface area contributed by atoms with E-state index in [2.05, 4.69) is 0 Å². The molecule has 1 aromatic rings. The molecule has 0 atom stereocenters. The molecule has 1 rings (SSSR count). The highest BCUT2D eigenvalue weighted by molar-refractivity contribution is 6.73. The molecule has 90 valence electrons. The Morgan fingerprint density at radius 2 is 1.31 bits per heavy atom. The van der Waals surface area contributed by atoms with Crippen molar-refractivity contribution in [3.63, 3.8) is 0 Å². The van der Waals surface area contributed by atoms with Gasteiger partial charge in [0.25, 0.3) is 0 Å². The fourth-order valence-corrected chi connectivity index (χ4v) is 1.29. The Hall–Kier alpha value is -1.53. The maximum absolute atomic E-state index is 12.6. The van der Waals surface area contributed by atoms with Crippen molar-refractivity contribution in [3.8, 4) is 17.2 Å². The van der Waals surface area contributed by atoms with Crippen LogP contribution >= 0.6 is 0 Å². The topological polar surface area (TPSA) is 27.7 Å². The first-order valence-electron chi connectivity index (χ1n) is 4.44. The van der Waals surface area contributed by atoms with Crippen molar-refractivity contribution in [2.75, 3.05) is 21.3 Å². The molecular formula is C9H11BF3O3-. The molecule has 1 aromatic carbocycles. The molecule has 0 aliphatic carbocycles. The Kier molecular flexibility index (Phi) is 3.56. The van der Waals surface area contributed by atoms with Crippen LogP contribution in [0.15, 0.2) is 12.1 Å². The lowest BCUT2D eigenvalue weighted by Crippen LogP contribution is -2.34. The van der Waals surface area contributed by atoms with Crippen LogP contribution in [0.5, 0.6) is 17.2 Å². The van der Waals surface area contributed by atoms with E-state index in [0.717, 1.165) is 12.1 Å². The van der Waals surface area contributed by atoms with E-state index < -0.39 is 12.4 Å². The molecule has 0 aliphatic rings. The van der Waals surface area contributed by atoms with Crippen LogP contribution in [0.25, 0.3) is 0 Å². The second-order valence-corrected chi connectivity index (χ2v) is 3.03. The van der Waals surface area contributed by atoms with Gasteiger partial charge in [0, 0.05) is 0 Å². The van der Waals surface area contributed by atoms with Gasteiger partial charge in [-0.05, 0) is 12.1 Å². The molecule has 0 N–H and O–H groups in total. The monoisotopic (exact) mass is 235 g/mol. The smallest absolute Gasteiger partial charge is 0.493 e. The molecule has 0 saturated heterocycles. The fourth-order valence-electron chi connectivity index (χ4n) is 1.29. The first-order chi connectivity index (χ1) is 7.43. The van der Waals surface area contributed by atoms with Gasteiger partial charge >= 0.3 is 6.98 Å². The molecule has 0 bridgehead atoms. The standard InChI is InChI=1S/C9H11BF3O3/c1-14-7-4-6(10(11,12)13)5-8(15-2)9(7)16-3/h4-5H,1-3H3/q-1. The summed E-state index contributed by atoms with van der Waals surface area (Å²) >= 11 is 0. The lowest BCUT2D eigenvalue weighted by molar-refractivity contribution is 0.324. The van der Waals surface area contributed by atoms with Gasteiger partial charge in [0.1, 0.15) is 0 Å². The zero-order valence-electron chi connectivity index (χ0n) is 9.09. The summed E-state index contributed by atoms with van der Waals surface area (Å²) in [4.78, 5) is 0. The Morgan fingerprint density at radius 3 is 1.56 bits per heavy atom. The minimum absolute atomic E-state index is 0.00366. The summed E-state index contributed by atoms with van der Waals surface area (Å²) in [6, 6.07) is 1.78. The van der Waals surface area contributed by atoms with Gasteiger partial charge in [0.15, 0.2) is 11.5 Å². The van der Waals surface area contributed by atoms with E-state index in [0.29, 0.717) is 0 Å². The van der Waals surface area contributed by atoms with Crippen molar-refractivity contribution in [1.82, 2.24) is 0 Å². The van der Waals surface area contributed by atoms with Crippen LogP contribution in [0.4, 0.5) is 12.9 Å². The van der Waals surface area contributed by atoms with E-state index in [-0.39, 0.29) is 17.2 Å². The molecule has 0 amide bonds. The average molecular weight is 235 g/mol. The summed E-state index contributed by atoms with van der Waals surface area (Å²) in [6.45, 7) is -5.09. The summed E-state index contributed by atoms with van der Waals surface area (Å²) in [5.41, 5.74) is -0.783. The molecular weight excluding hydrogens is 224 g/mol. The van der Waals surface area contributed by atoms with Gasteiger partial charge in [-0.2, -0.15) is 0 Å². The van der Waals surface area contributed by atoms with Gasteiger partial charge in [-0.25, -0.2) is 0 Å². The Morgan fingerprint density at radius 1 is 0.875 bits per heavy atom. The third-order valence-electron chi connectivity index (χ3n) is 2.07. The zero-order valence-corrected chi connectivity index (χ0v) is 9.09. The summed E-state index contributed by atoms with van der Waals surface area (Å²) in [5, 5.41) is 0. The summed E-state index contributed by atoms with van der Waals surface area (Å²) in [7, 11) is 3.87. The molecule has 0 heterocycles. The number of methoxy groups -OCH3 is 3. The van der Waals surface area contributed by atoms with Crippen molar-refractivity contribution >= 4 is 12.4 Å². The third kappa shape index (κ3) is 2.34. The van der Waals surface area contributed by atoms with Crippen molar-refractivity contribution in [1.29, 1.82) is 0 Å². The van der Waals surface area contributed by atoms with Crippen molar-refractivity contribution in [2.45, 2.75) is 0 Å². The van der Waals surface area contributed by atoms with Gasteiger partial charge in [-0.3, -0.25) is 0 Å². The molecule has 0 aromatic heterocycles. The number of hydrogen-bond donors (Lipinski definition) is 0. The molecule has 0 radical (unpaired) electrons. The van der Waals surface area contributed by atoms with Gasteiger partial charge in [0.05, 0.1) is 21.3 Å². The molecule has 0 saturated carbocycles. The van der Waals surface area contributed by atoms with Gasteiger partial charge in [0.2, 0.25) is 5.75 Å². The van der Waals surface area contributed by atoms with E-state index in [4.69, 9.17) is 14.2 Å². The van der Waals surface area contributed by atoms with Gasteiger partial charge in [-0.1, -0.05) is 0 Å². The maximum atomic E-state index is 12.6. The van der Waals surface area contributed by atoms with Crippen molar-refractivity contribution < 1.29 is 27.2 Å². The second kappa shape index (κ2) is 4.55. The van der Waals surface area contributed by atoms with E-state index in [9.17, 15) is 12.9 Å². The molecule has 0 spiro atoms. The molecule has 0 unspecified atom stereocenters. The van der Waals surface area contributed by atoms with Crippen LogP contribution < -0.4 is 19.7 Å². The normalized spacial score (nSPS) is 11.1. The number of ether oxygens (including phenoxy) is 3. The highest BCUT2D eigenvalue weighted by atomic mass is 19.4. The Labute approximate surface area is 91.2 Å². The largest absolute Gasteiger partial charge is 0.509 e. The van der Waals surface area contributed by atoms with Crippen LogP contribution in [-0.4, -0.2) is 28.3 Å². The highest BCUT2D eigenvalue weighted by Gasteiger charge is 2.28. The number of hydrogen-bond acceptors (Lipinski definition) is 3. The zero-order chi connectivity index (χ0) is 12.3. The van der Waals surface area contributed by atoms with E-state index in [1.807, 2.05) is 0 Å². The SMILES string of the molecule is COc1cc([B-](F)(F)F)cc(OC)c1OC. The summed E-state index contributed by atoms with van der Waals surface area (Å²) in [6.07, 6.45) is 0.